The molecule has 0 saturated carbocycles. The van der Waals surface area contributed by atoms with Crippen molar-refractivity contribution in [3.8, 4) is 0 Å². The molecule has 16 heavy (non-hydrogen) atoms. The molecule has 0 aliphatic carbocycles. The van der Waals surface area contributed by atoms with Crippen LogP contribution in [0.1, 0.15) is 30.5 Å². The van der Waals surface area contributed by atoms with Gasteiger partial charge in [-0.2, -0.15) is 0 Å². The number of aryl methyl sites for hydroxylation is 1. The van der Waals surface area contributed by atoms with Gasteiger partial charge in [0.1, 0.15) is 0 Å². The predicted octanol–water partition coefficient (Wildman–Crippen LogP) is 2.22. The second kappa shape index (κ2) is 5.46. The molecule has 1 N–H and O–H groups in total. The number of nitrogens with zero attached hydrogens (tertiary/aromatic N) is 1. The summed E-state index contributed by atoms with van der Waals surface area (Å²) in [6, 6.07) is 9.55. The fraction of sp³-hybridized carbons (Fsp3) is 0.571. The van der Waals surface area contributed by atoms with Gasteiger partial charge in [0, 0.05) is 12.6 Å². The van der Waals surface area contributed by atoms with Gasteiger partial charge in [0.05, 0.1) is 0 Å². The minimum absolute atomic E-state index is 0.499. The lowest BCUT2D eigenvalue weighted by Gasteiger charge is -2.21. The summed E-state index contributed by atoms with van der Waals surface area (Å²) >= 11 is 0. The Morgan fingerprint density at radius 1 is 1.31 bits per heavy atom. The molecule has 1 aliphatic heterocycles. The highest BCUT2D eigenvalue weighted by atomic mass is 15.1. The molecular weight excluding hydrogens is 196 g/mol. The Morgan fingerprint density at radius 2 is 2.06 bits per heavy atom. The zero-order valence-electron chi connectivity index (χ0n) is 10.4. The summed E-state index contributed by atoms with van der Waals surface area (Å²) in [6.07, 6.45) is 2.37. The molecule has 1 aromatic carbocycles. The monoisotopic (exact) mass is 218 g/mol. The van der Waals surface area contributed by atoms with E-state index in [2.05, 4.69) is 48.5 Å². The van der Waals surface area contributed by atoms with Crippen LogP contribution in [0.15, 0.2) is 24.3 Å². The van der Waals surface area contributed by atoms with E-state index in [4.69, 9.17) is 0 Å². The molecule has 1 unspecified atom stereocenters. The van der Waals surface area contributed by atoms with Crippen molar-refractivity contribution in [1.29, 1.82) is 0 Å². The Bertz CT molecular complexity index is 318. The Labute approximate surface area is 98.7 Å². The first-order valence-electron chi connectivity index (χ1n) is 6.30. The van der Waals surface area contributed by atoms with Crippen LogP contribution in [0, 0.1) is 0 Å². The highest BCUT2D eigenvalue weighted by Gasteiger charge is 2.16. The molecule has 2 nitrogen and oxygen atoms in total. The Balaban J connectivity index is 2.09. The molecule has 88 valence electrons. The van der Waals surface area contributed by atoms with Crippen molar-refractivity contribution < 1.29 is 0 Å². The second-order valence-corrected chi connectivity index (χ2v) is 4.72. The summed E-state index contributed by atoms with van der Waals surface area (Å²) in [4.78, 5) is 2.42. The fourth-order valence-electron chi connectivity index (χ4n) is 2.30. The first-order valence-corrected chi connectivity index (χ1v) is 6.30. The highest BCUT2D eigenvalue weighted by Crippen LogP contribution is 2.17. The summed E-state index contributed by atoms with van der Waals surface area (Å²) in [7, 11) is 2.21. The molecule has 2 rings (SSSR count). The average Bonchev–Trinajstić information content (AvgIpc) is 2.54. The Kier molecular flexibility index (Phi) is 3.97. The molecule has 1 saturated heterocycles. The van der Waals surface area contributed by atoms with Gasteiger partial charge >= 0.3 is 0 Å². The molecule has 1 fully saturated rings. The molecule has 1 atom stereocenters. The van der Waals surface area contributed by atoms with Crippen molar-refractivity contribution in [3.63, 3.8) is 0 Å². The lowest BCUT2D eigenvalue weighted by molar-refractivity contribution is 0.326. The second-order valence-electron chi connectivity index (χ2n) is 4.72. The van der Waals surface area contributed by atoms with Crippen LogP contribution >= 0.6 is 0 Å². The lowest BCUT2D eigenvalue weighted by Crippen LogP contribution is -2.28. The number of hydrogen-bond acceptors (Lipinski definition) is 2. The van der Waals surface area contributed by atoms with Gasteiger partial charge in [-0.25, -0.2) is 0 Å². The third-order valence-electron chi connectivity index (χ3n) is 3.39. The maximum atomic E-state index is 3.62. The normalized spacial score (nSPS) is 23.0. The van der Waals surface area contributed by atoms with Gasteiger partial charge in [-0.1, -0.05) is 31.2 Å². The highest BCUT2D eigenvalue weighted by molar-refractivity contribution is 5.25. The van der Waals surface area contributed by atoms with Crippen LogP contribution < -0.4 is 5.32 Å². The van der Waals surface area contributed by atoms with Gasteiger partial charge in [0.25, 0.3) is 0 Å². The topological polar surface area (TPSA) is 15.3 Å². The molecular formula is C14H22N2. The van der Waals surface area contributed by atoms with Crippen molar-refractivity contribution >= 4 is 0 Å². The molecule has 0 spiro atoms. The molecule has 0 aromatic heterocycles. The van der Waals surface area contributed by atoms with Crippen molar-refractivity contribution in [2.24, 2.45) is 0 Å². The van der Waals surface area contributed by atoms with Crippen molar-refractivity contribution in [2.75, 3.05) is 26.7 Å². The summed E-state index contributed by atoms with van der Waals surface area (Å²) in [6.45, 7) is 5.65. The minimum atomic E-state index is 0.499. The third-order valence-corrected chi connectivity index (χ3v) is 3.39. The number of rotatable bonds is 2. The van der Waals surface area contributed by atoms with E-state index in [0.717, 1.165) is 19.5 Å². The molecule has 0 bridgehead atoms. The van der Waals surface area contributed by atoms with E-state index in [9.17, 15) is 0 Å². The first kappa shape index (κ1) is 11.6. The number of nitrogens with one attached hydrogen (secondary N) is 1. The van der Waals surface area contributed by atoms with E-state index in [0.29, 0.717) is 6.04 Å². The molecule has 1 aliphatic rings. The summed E-state index contributed by atoms with van der Waals surface area (Å²) < 4.78 is 0. The van der Waals surface area contributed by atoms with Gasteiger partial charge in [0.2, 0.25) is 0 Å². The van der Waals surface area contributed by atoms with Gasteiger partial charge in [-0.3, -0.25) is 0 Å². The van der Waals surface area contributed by atoms with Crippen LogP contribution in [-0.4, -0.2) is 31.6 Å². The van der Waals surface area contributed by atoms with Crippen molar-refractivity contribution in [2.45, 2.75) is 25.8 Å². The van der Waals surface area contributed by atoms with Crippen LogP contribution in [0.3, 0.4) is 0 Å². The quantitative estimate of drug-likeness (QED) is 0.819. The van der Waals surface area contributed by atoms with E-state index in [1.165, 1.54) is 24.1 Å². The van der Waals surface area contributed by atoms with Gasteiger partial charge < -0.3 is 10.2 Å². The van der Waals surface area contributed by atoms with Crippen molar-refractivity contribution in [3.05, 3.63) is 35.4 Å². The molecule has 1 aromatic rings. The van der Waals surface area contributed by atoms with E-state index in [1.807, 2.05) is 0 Å². The van der Waals surface area contributed by atoms with Gasteiger partial charge in [0.15, 0.2) is 0 Å². The van der Waals surface area contributed by atoms with Crippen LogP contribution in [-0.2, 0) is 6.42 Å². The number of hydrogen-bond donors (Lipinski definition) is 1. The maximum Gasteiger partial charge on any atom is 0.0449 e. The van der Waals surface area contributed by atoms with Gasteiger partial charge in [-0.05, 0) is 44.1 Å². The summed E-state index contributed by atoms with van der Waals surface area (Å²) in [5.41, 5.74) is 2.84. The number of likely N-dealkylation sites (N-methyl/N-ethyl adjacent to an activating group) is 1. The van der Waals surface area contributed by atoms with E-state index >= 15 is 0 Å². The smallest absolute Gasteiger partial charge is 0.0449 e. The molecule has 0 radical (unpaired) electrons. The van der Waals surface area contributed by atoms with Crippen LogP contribution in [0.5, 0.6) is 0 Å². The third kappa shape index (κ3) is 2.83. The Hall–Kier alpha value is -0.860. The van der Waals surface area contributed by atoms with Crippen LogP contribution in [0.4, 0.5) is 0 Å². The van der Waals surface area contributed by atoms with E-state index in [-0.39, 0.29) is 0 Å². The summed E-state index contributed by atoms with van der Waals surface area (Å²) in [5.74, 6) is 0. The van der Waals surface area contributed by atoms with Crippen LogP contribution in [0.2, 0.25) is 0 Å². The standard InChI is InChI=1S/C14H22N2/c1-3-12-5-7-13(8-6-12)14-11-16(2)10-4-9-15-14/h5-8,14-15H,3-4,9-11H2,1-2H3. The molecule has 1 heterocycles. The minimum Gasteiger partial charge on any atom is -0.309 e. The van der Waals surface area contributed by atoms with E-state index < -0.39 is 0 Å². The molecule has 0 amide bonds. The summed E-state index contributed by atoms with van der Waals surface area (Å²) in [5, 5.41) is 3.62. The largest absolute Gasteiger partial charge is 0.309 e. The van der Waals surface area contributed by atoms with Crippen molar-refractivity contribution in [1.82, 2.24) is 10.2 Å². The zero-order chi connectivity index (χ0) is 11.4. The van der Waals surface area contributed by atoms with E-state index in [1.54, 1.807) is 0 Å². The zero-order valence-corrected chi connectivity index (χ0v) is 10.4. The molecule has 2 heteroatoms. The Morgan fingerprint density at radius 3 is 2.75 bits per heavy atom. The fourth-order valence-corrected chi connectivity index (χ4v) is 2.30. The first-order chi connectivity index (χ1) is 7.79. The van der Waals surface area contributed by atoms with Crippen LogP contribution in [0.25, 0.3) is 0 Å². The predicted molar refractivity (Wildman–Crippen MR) is 68.7 cm³/mol. The average molecular weight is 218 g/mol. The SMILES string of the molecule is CCc1ccc(C2CN(C)CCCN2)cc1. The maximum absolute atomic E-state index is 3.62. The number of benzene rings is 1. The van der Waals surface area contributed by atoms with Gasteiger partial charge in [-0.15, -0.1) is 0 Å². The lowest BCUT2D eigenvalue weighted by atomic mass is 10.0.